The van der Waals surface area contributed by atoms with Crippen LogP contribution in [0.1, 0.15) is 11.4 Å². The normalized spacial score (nSPS) is 11.3. The molecule has 4 rings (SSSR count). The van der Waals surface area contributed by atoms with Gasteiger partial charge in [0.15, 0.2) is 0 Å². The fourth-order valence-corrected chi connectivity index (χ4v) is 3.04. The number of nitrogens with zero attached hydrogens (tertiary/aromatic N) is 5. The van der Waals surface area contributed by atoms with E-state index in [1.807, 2.05) is 35.7 Å². The van der Waals surface area contributed by atoms with Gasteiger partial charge in [0, 0.05) is 24.2 Å². The average Bonchev–Trinajstić information content (AvgIpc) is 3.10. The summed E-state index contributed by atoms with van der Waals surface area (Å²) >= 11 is 1.34. The van der Waals surface area contributed by atoms with Gasteiger partial charge in [0.25, 0.3) is 5.56 Å². The summed E-state index contributed by atoms with van der Waals surface area (Å²) < 4.78 is 3.34. The second-order valence-electron chi connectivity index (χ2n) is 4.87. The second kappa shape index (κ2) is 4.92. The Morgan fingerprint density at radius 1 is 1.32 bits per heavy atom. The number of hydrogen-bond acceptors (Lipinski definition) is 6. The summed E-state index contributed by atoms with van der Waals surface area (Å²) in [7, 11) is 0. The van der Waals surface area contributed by atoms with Crippen LogP contribution in [-0.2, 0) is 6.54 Å². The van der Waals surface area contributed by atoms with Crippen molar-refractivity contribution in [3.63, 3.8) is 0 Å². The van der Waals surface area contributed by atoms with E-state index < -0.39 is 0 Å². The number of nitrogens with one attached hydrogen (secondary N) is 1. The monoisotopic (exact) mass is 312 g/mol. The number of aromatic nitrogens is 5. The van der Waals surface area contributed by atoms with Crippen molar-refractivity contribution < 1.29 is 0 Å². The zero-order valence-electron chi connectivity index (χ0n) is 11.7. The Balaban J connectivity index is 1.61. The molecular weight excluding hydrogens is 300 g/mol. The van der Waals surface area contributed by atoms with Gasteiger partial charge in [-0.05, 0) is 19.1 Å². The van der Waals surface area contributed by atoms with Gasteiger partial charge in [0.2, 0.25) is 10.1 Å². The molecule has 0 atom stereocenters. The zero-order chi connectivity index (χ0) is 15.1. The fraction of sp³-hybridized carbons (Fsp3) is 0.143. The van der Waals surface area contributed by atoms with Crippen LogP contribution in [0.5, 0.6) is 0 Å². The third-order valence-electron chi connectivity index (χ3n) is 3.34. The average molecular weight is 312 g/mol. The first-order valence-electron chi connectivity index (χ1n) is 6.73. The van der Waals surface area contributed by atoms with Crippen LogP contribution in [0.15, 0.2) is 41.5 Å². The summed E-state index contributed by atoms with van der Waals surface area (Å²) in [5.41, 5.74) is 2.78. The van der Waals surface area contributed by atoms with Crippen molar-refractivity contribution in [2.75, 3.05) is 5.32 Å². The molecule has 0 aliphatic rings. The fourth-order valence-electron chi connectivity index (χ4n) is 2.27. The van der Waals surface area contributed by atoms with Gasteiger partial charge >= 0.3 is 0 Å². The van der Waals surface area contributed by atoms with Crippen LogP contribution in [0.2, 0.25) is 0 Å². The van der Waals surface area contributed by atoms with E-state index in [2.05, 4.69) is 20.4 Å². The van der Waals surface area contributed by atoms with Crippen LogP contribution >= 0.6 is 11.3 Å². The lowest BCUT2D eigenvalue weighted by molar-refractivity contribution is 0.893. The highest BCUT2D eigenvalue weighted by Crippen LogP contribution is 2.17. The molecule has 110 valence electrons. The largest absolute Gasteiger partial charge is 0.354 e. The Labute approximate surface area is 128 Å². The third-order valence-corrected chi connectivity index (χ3v) is 4.22. The Bertz CT molecular complexity index is 1030. The predicted octanol–water partition coefficient (Wildman–Crippen LogP) is 1.72. The lowest BCUT2D eigenvalue weighted by Gasteiger charge is -1.97. The van der Waals surface area contributed by atoms with Gasteiger partial charge < -0.3 is 9.72 Å². The highest BCUT2D eigenvalue weighted by atomic mass is 32.1. The minimum Gasteiger partial charge on any atom is -0.354 e. The molecule has 4 aromatic rings. The van der Waals surface area contributed by atoms with E-state index in [1.165, 1.54) is 28.1 Å². The molecular formula is C14H12N6OS. The van der Waals surface area contributed by atoms with Crippen LogP contribution in [0.4, 0.5) is 5.13 Å². The van der Waals surface area contributed by atoms with Crippen LogP contribution in [0.25, 0.3) is 10.6 Å². The van der Waals surface area contributed by atoms with Gasteiger partial charge in [-0.1, -0.05) is 17.4 Å². The molecule has 4 heterocycles. The van der Waals surface area contributed by atoms with E-state index in [0.29, 0.717) is 16.6 Å². The molecule has 7 nitrogen and oxygen atoms in total. The second-order valence-corrected chi connectivity index (χ2v) is 5.82. The van der Waals surface area contributed by atoms with Crippen molar-refractivity contribution in [1.82, 2.24) is 24.0 Å². The molecule has 0 unspecified atom stereocenters. The van der Waals surface area contributed by atoms with Crippen molar-refractivity contribution in [1.29, 1.82) is 0 Å². The summed E-state index contributed by atoms with van der Waals surface area (Å²) in [4.78, 5) is 20.9. The first-order valence-corrected chi connectivity index (χ1v) is 7.55. The quantitative estimate of drug-likeness (QED) is 0.623. The van der Waals surface area contributed by atoms with E-state index in [9.17, 15) is 4.79 Å². The molecule has 0 amide bonds. The molecule has 22 heavy (non-hydrogen) atoms. The maximum absolute atomic E-state index is 11.6. The van der Waals surface area contributed by atoms with E-state index in [-0.39, 0.29) is 5.56 Å². The highest BCUT2D eigenvalue weighted by Gasteiger charge is 2.07. The highest BCUT2D eigenvalue weighted by molar-refractivity contribution is 7.20. The molecule has 8 heteroatoms. The minimum atomic E-state index is -0.183. The smallest absolute Gasteiger partial charge is 0.275 e. The summed E-state index contributed by atoms with van der Waals surface area (Å²) in [6, 6.07) is 7.39. The van der Waals surface area contributed by atoms with Gasteiger partial charge in [-0.3, -0.25) is 4.79 Å². The summed E-state index contributed by atoms with van der Waals surface area (Å²) in [6.45, 7) is 2.58. The Morgan fingerprint density at radius 3 is 3.05 bits per heavy atom. The van der Waals surface area contributed by atoms with Gasteiger partial charge in [-0.15, -0.1) is 5.10 Å². The minimum absolute atomic E-state index is 0.183. The molecule has 0 aromatic carbocycles. The van der Waals surface area contributed by atoms with E-state index >= 15 is 0 Å². The van der Waals surface area contributed by atoms with E-state index in [4.69, 9.17) is 0 Å². The molecule has 4 aromatic heterocycles. The van der Waals surface area contributed by atoms with Crippen molar-refractivity contribution in [2.45, 2.75) is 13.5 Å². The third kappa shape index (κ3) is 2.13. The topological polar surface area (TPSA) is 76.6 Å². The van der Waals surface area contributed by atoms with Crippen molar-refractivity contribution >= 4 is 27.1 Å². The number of aryl methyl sites for hydroxylation is 1. The van der Waals surface area contributed by atoms with Crippen LogP contribution in [-0.4, -0.2) is 24.0 Å². The molecule has 1 N–H and O–H groups in total. The molecule has 0 bridgehead atoms. The predicted molar refractivity (Wildman–Crippen MR) is 84.4 cm³/mol. The van der Waals surface area contributed by atoms with Gasteiger partial charge in [0.05, 0.1) is 12.2 Å². The number of imidazole rings is 1. The number of pyridine rings is 1. The number of fused-ring (bicyclic) bond motifs is 2. The summed E-state index contributed by atoms with van der Waals surface area (Å²) in [5.74, 6) is 0. The molecule has 0 spiro atoms. The number of rotatable bonds is 3. The maximum Gasteiger partial charge on any atom is 0.275 e. The molecule has 0 aliphatic heterocycles. The van der Waals surface area contributed by atoms with Crippen LogP contribution in [0.3, 0.4) is 0 Å². The Morgan fingerprint density at radius 2 is 2.23 bits per heavy atom. The molecule has 0 saturated heterocycles. The Kier molecular flexibility index (Phi) is 2.90. The van der Waals surface area contributed by atoms with E-state index in [0.717, 1.165) is 17.0 Å². The van der Waals surface area contributed by atoms with Gasteiger partial charge in [-0.25, -0.2) is 9.97 Å². The van der Waals surface area contributed by atoms with Gasteiger partial charge in [0.1, 0.15) is 5.65 Å². The lowest BCUT2D eigenvalue weighted by atomic mass is 10.4. The molecule has 0 fully saturated rings. The number of hydrogen-bond donors (Lipinski definition) is 1. The van der Waals surface area contributed by atoms with Crippen molar-refractivity contribution in [2.24, 2.45) is 0 Å². The maximum atomic E-state index is 11.6. The molecule has 0 aliphatic carbocycles. The van der Waals surface area contributed by atoms with Crippen molar-refractivity contribution in [3.8, 4) is 0 Å². The van der Waals surface area contributed by atoms with Crippen LogP contribution in [0, 0.1) is 6.92 Å². The molecule has 0 saturated carbocycles. The van der Waals surface area contributed by atoms with Gasteiger partial charge in [-0.2, -0.15) is 4.52 Å². The standard InChI is InChI=1S/C14H12N6OS/c1-9-3-2-4-11-17-10(8-19(9)11)7-16-13-18-20-12(21)5-6-15-14(20)22-13/h2-6,8H,7H2,1H3,(H,16,18). The number of anilines is 1. The Hall–Kier alpha value is -2.74. The van der Waals surface area contributed by atoms with Crippen molar-refractivity contribution in [3.05, 3.63) is 58.4 Å². The molecule has 0 radical (unpaired) electrons. The van der Waals surface area contributed by atoms with Crippen LogP contribution < -0.4 is 10.9 Å². The summed E-state index contributed by atoms with van der Waals surface area (Å²) in [5, 5.41) is 8.05. The summed E-state index contributed by atoms with van der Waals surface area (Å²) in [6.07, 6.45) is 3.49. The lowest BCUT2D eigenvalue weighted by Crippen LogP contribution is -2.12. The zero-order valence-corrected chi connectivity index (χ0v) is 12.5. The van der Waals surface area contributed by atoms with E-state index in [1.54, 1.807) is 0 Å². The first kappa shape index (κ1) is 13.0. The first-order chi connectivity index (χ1) is 10.7. The SMILES string of the molecule is Cc1cccc2nc(CNc3nn4c(=O)ccnc4s3)cn12.